The van der Waals surface area contributed by atoms with Gasteiger partial charge in [-0.3, -0.25) is 19.3 Å². The number of halogens is 1. The van der Waals surface area contributed by atoms with Gasteiger partial charge in [-0.15, -0.1) is 11.8 Å². The van der Waals surface area contributed by atoms with Crippen LogP contribution in [0.5, 0.6) is 0 Å². The lowest BCUT2D eigenvalue weighted by Crippen LogP contribution is -2.42. The largest absolute Gasteiger partial charge is 0.307 e. The Morgan fingerprint density at radius 1 is 0.971 bits per heavy atom. The third-order valence-electron chi connectivity index (χ3n) is 8.33. The van der Waals surface area contributed by atoms with Crippen molar-refractivity contribution in [1.29, 1.82) is 0 Å². The highest BCUT2D eigenvalue weighted by Crippen LogP contribution is 2.68. The molecule has 2 saturated carbocycles. The van der Waals surface area contributed by atoms with Crippen LogP contribution in [0.15, 0.2) is 58.4 Å². The molecule has 8 heteroatoms. The van der Waals surface area contributed by atoms with E-state index in [4.69, 9.17) is 0 Å². The van der Waals surface area contributed by atoms with E-state index in [0.29, 0.717) is 5.69 Å². The summed E-state index contributed by atoms with van der Waals surface area (Å²) in [5, 5.41) is 1.08. The number of aromatic amines is 1. The van der Waals surface area contributed by atoms with Crippen LogP contribution in [0.2, 0.25) is 0 Å². The van der Waals surface area contributed by atoms with Gasteiger partial charge in [0.1, 0.15) is 5.82 Å². The molecule has 0 radical (unpaired) electrons. The number of hydrogen-bond acceptors (Lipinski definition) is 5. The number of amides is 2. The Balaban J connectivity index is 1.34. The van der Waals surface area contributed by atoms with Crippen LogP contribution >= 0.6 is 23.1 Å². The smallest absolute Gasteiger partial charge is 0.305 e. The van der Waals surface area contributed by atoms with Crippen molar-refractivity contribution < 1.29 is 14.0 Å². The summed E-state index contributed by atoms with van der Waals surface area (Å²) < 4.78 is 13.5. The van der Waals surface area contributed by atoms with Gasteiger partial charge >= 0.3 is 4.87 Å². The Morgan fingerprint density at radius 2 is 1.68 bits per heavy atom. The third-order valence-corrected chi connectivity index (χ3v) is 10.9. The summed E-state index contributed by atoms with van der Waals surface area (Å²) in [6.07, 6.45) is 0.855. The molecular formula is C26H21FN2O3S2. The molecule has 2 aliphatic carbocycles. The average molecular weight is 493 g/mol. The predicted molar refractivity (Wildman–Crippen MR) is 129 cm³/mol. The lowest BCUT2D eigenvalue weighted by Gasteiger charge is -2.43. The van der Waals surface area contributed by atoms with E-state index in [1.165, 1.54) is 51.6 Å². The topological polar surface area (TPSA) is 70.2 Å². The molecule has 4 aliphatic rings. The number of imide groups is 1. The summed E-state index contributed by atoms with van der Waals surface area (Å²) in [5.41, 5.74) is 2.82. The lowest BCUT2D eigenvalue weighted by atomic mass is 9.67. The molecule has 7 rings (SSSR count). The van der Waals surface area contributed by atoms with E-state index >= 15 is 0 Å². The van der Waals surface area contributed by atoms with Crippen molar-refractivity contribution in [3.63, 3.8) is 0 Å². The number of H-pyrrole nitrogens is 1. The molecule has 5 nitrogen and oxygen atoms in total. The average Bonchev–Trinajstić information content (AvgIpc) is 3.54. The van der Waals surface area contributed by atoms with Crippen molar-refractivity contribution >= 4 is 40.6 Å². The number of carbonyl (C=O) groups excluding carboxylic acids is 2. The first-order chi connectivity index (χ1) is 16.4. The molecule has 2 amide bonds. The number of thiazole rings is 1. The normalized spacial score (nSPS) is 33.2. The maximum absolute atomic E-state index is 13.7. The van der Waals surface area contributed by atoms with Crippen LogP contribution in [0.4, 0.5) is 10.1 Å². The van der Waals surface area contributed by atoms with Crippen LogP contribution in [-0.4, -0.2) is 22.0 Å². The first-order valence-electron chi connectivity index (χ1n) is 11.5. The highest BCUT2D eigenvalue weighted by atomic mass is 32.2. The Kier molecular flexibility index (Phi) is 4.34. The number of nitrogens with one attached hydrogen (secondary N) is 1. The predicted octanol–water partition coefficient (Wildman–Crippen LogP) is 4.56. The number of rotatable bonds is 2. The molecule has 3 heterocycles. The molecule has 2 aromatic carbocycles. The fourth-order valence-electron chi connectivity index (χ4n) is 7.15. The standard InChI is InChI=1S/C26H21FN2O3S2/c1-11-4-2-3-5-14(11)17-18-15-10-16(21(18)33-23-22(17)34-26(32)28-23)20-19(15)24(30)29(25(20)31)13-8-6-12(27)7-9-13/h2-9,15-21H,10H2,1H3,(H,28,32)/t15-,16+,17+,18+,19-,20-,21-/m1/s1. The van der Waals surface area contributed by atoms with Crippen molar-refractivity contribution in [2.24, 2.45) is 29.6 Å². The summed E-state index contributed by atoms with van der Waals surface area (Å²) in [4.78, 5) is 44.9. The van der Waals surface area contributed by atoms with Crippen LogP contribution in [0.3, 0.4) is 0 Å². The van der Waals surface area contributed by atoms with Crippen molar-refractivity contribution in [2.45, 2.75) is 29.5 Å². The second kappa shape index (κ2) is 7.15. The highest BCUT2D eigenvalue weighted by molar-refractivity contribution is 8.00. The van der Waals surface area contributed by atoms with Gasteiger partial charge in [0.05, 0.1) is 22.5 Å². The number of benzene rings is 2. The van der Waals surface area contributed by atoms with E-state index in [9.17, 15) is 18.8 Å². The molecule has 2 aliphatic heterocycles. The van der Waals surface area contributed by atoms with Gasteiger partial charge < -0.3 is 4.98 Å². The Hall–Kier alpha value is -2.71. The minimum atomic E-state index is -0.397. The summed E-state index contributed by atoms with van der Waals surface area (Å²) in [5.74, 6) is -1.05. The lowest BCUT2D eigenvalue weighted by molar-refractivity contribution is -0.123. The van der Waals surface area contributed by atoms with Crippen molar-refractivity contribution in [3.05, 3.63) is 80.0 Å². The minimum Gasteiger partial charge on any atom is -0.307 e. The zero-order valence-electron chi connectivity index (χ0n) is 18.2. The quantitative estimate of drug-likeness (QED) is 0.533. The monoisotopic (exact) mass is 492 g/mol. The Labute approximate surface area is 203 Å². The van der Waals surface area contributed by atoms with Crippen LogP contribution < -0.4 is 9.77 Å². The summed E-state index contributed by atoms with van der Waals surface area (Å²) in [7, 11) is 0. The molecule has 3 aromatic rings. The van der Waals surface area contributed by atoms with Gasteiger partial charge in [-0.05, 0) is 66.5 Å². The van der Waals surface area contributed by atoms with E-state index in [2.05, 4.69) is 24.0 Å². The summed E-state index contributed by atoms with van der Waals surface area (Å²) >= 11 is 2.96. The number of nitrogens with zero attached hydrogens (tertiary/aromatic N) is 1. The van der Waals surface area contributed by atoms with Crippen molar-refractivity contribution in [1.82, 2.24) is 4.98 Å². The minimum absolute atomic E-state index is 0.0325. The van der Waals surface area contributed by atoms with Gasteiger partial charge in [-0.25, -0.2) is 4.39 Å². The first kappa shape index (κ1) is 20.6. The summed E-state index contributed by atoms with van der Waals surface area (Å²) in [6.45, 7) is 2.09. The van der Waals surface area contributed by atoms with Crippen LogP contribution in [0.25, 0.3) is 0 Å². The van der Waals surface area contributed by atoms with Gasteiger partial charge in [-0.1, -0.05) is 35.6 Å². The third kappa shape index (κ3) is 2.64. The molecule has 1 aromatic heterocycles. The zero-order valence-corrected chi connectivity index (χ0v) is 19.9. The molecule has 7 atom stereocenters. The number of hydrogen-bond donors (Lipinski definition) is 1. The van der Waals surface area contributed by atoms with Crippen molar-refractivity contribution in [3.8, 4) is 0 Å². The molecule has 34 heavy (non-hydrogen) atoms. The van der Waals surface area contributed by atoms with Crippen LogP contribution in [-0.2, 0) is 9.59 Å². The van der Waals surface area contributed by atoms with Gasteiger partial charge in [0.15, 0.2) is 0 Å². The van der Waals surface area contributed by atoms with Crippen molar-refractivity contribution in [2.75, 3.05) is 4.90 Å². The molecular weight excluding hydrogens is 471 g/mol. The van der Waals surface area contributed by atoms with E-state index in [1.54, 1.807) is 11.8 Å². The molecule has 0 unspecified atom stereocenters. The zero-order chi connectivity index (χ0) is 23.3. The van der Waals surface area contributed by atoms with Gasteiger partial charge in [0, 0.05) is 16.0 Å². The first-order valence-corrected chi connectivity index (χ1v) is 13.2. The van der Waals surface area contributed by atoms with Gasteiger partial charge in [-0.2, -0.15) is 0 Å². The molecule has 0 spiro atoms. The maximum Gasteiger partial charge on any atom is 0.305 e. The van der Waals surface area contributed by atoms with E-state index in [-0.39, 0.29) is 57.4 Å². The van der Waals surface area contributed by atoms with E-state index in [0.717, 1.165) is 16.3 Å². The van der Waals surface area contributed by atoms with E-state index in [1.807, 2.05) is 12.1 Å². The second-order valence-corrected chi connectivity index (χ2v) is 12.0. The van der Waals surface area contributed by atoms with Gasteiger partial charge in [0.2, 0.25) is 11.8 Å². The molecule has 1 N–H and O–H groups in total. The number of aryl methyl sites for hydroxylation is 1. The number of anilines is 1. The van der Waals surface area contributed by atoms with E-state index < -0.39 is 5.82 Å². The Morgan fingerprint density at radius 3 is 2.41 bits per heavy atom. The molecule has 1 saturated heterocycles. The molecule has 172 valence electrons. The highest BCUT2D eigenvalue weighted by Gasteiger charge is 2.69. The molecule has 2 bridgehead atoms. The number of fused-ring (bicyclic) bond motifs is 9. The number of aromatic nitrogens is 1. The Bertz CT molecular complexity index is 1410. The fourth-order valence-corrected chi connectivity index (χ4v) is 10.0. The van der Waals surface area contributed by atoms with Crippen LogP contribution in [0, 0.1) is 42.3 Å². The van der Waals surface area contributed by atoms with Gasteiger partial charge in [0.25, 0.3) is 0 Å². The van der Waals surface area contributed by atoms with Crippen LogP contribution in [0.1, 0.15) is 28.3 Å². The maximum atomic E-state index is 13.7. The fraction of sp³-hybridized carbons (Fsp3) is 0.346. The molecule has 3 fully saturated rings. The SMILES string of the molecule is Cc1ccccc1[C@@H]1c2sc(=O)[nH]c2S[C@@H]2[C@H]3C[C@@H]([C@H]4C(=O)N(c5ccc(F)cc5)C(=O)[C@H]34)[C@@H]12. The second-order valence-electron chi connectivity index (χ2n) is 9.81. The number of carbonyl (C=O) groups is 2. The number of thioether (sulfide) groups is 1. The summed E-state index contributed by atoms with van der Waals surface area (Å²) in [6, 6.07) is 13.9.